The SMILES string of the molecule is CSc1ccccc1SCCSc1ccccc1SC. The van der Waals surface area contributed by atoms with Gasteiger partial charge in [0, 0.05) is 31.1 Å². The first-order valence-corrected chi connectivity index (χ1v) is 10.8. The van der Waals surface area contributed by atoms with E-state index in [1.54, 1.807) is 0 Å². The normalized spacial score (nSPS) is 10.7. The second-order valence-electron chi connectivity index (χ2n) is 4.00. The number of rotatable bonds is 7. The largest absolute Gasteiger partial charge is 0.128 e. The van der Waals surface area contributed by atoms with E-state index >= 15 is 0 Å². The fourth-order valence-corrected chi connectivity index (χ4v) is 5.48. The molecular formula is C16H18S4. The smallest absolute Gasteiger partial charge is 0.0208 e. The lowest BCUT2D eigenvalue weighted by Crippen LogP contribution is -1.87. The van der Waals surface area contributed by atoms with Crippen molar-refractivity contribution in [2.24, 2.45) is 0 Å². The molecule has 0 N–H and O–H groups in total. The molecule has 0 bridgehead atoms. The first-order valence-electron chi connectivity index (χ1n) is 6.37. The van der Waals surface area contributed by atoms with Crippen molar-refractivity contribution in [1.29, 1.82) is 0 Å². The summed E-state index contributed by atoms with van der Waals surface area (Å²) in [5.41, 5.74) is 0. The van der Waals surface area contributed by atoms with Crippen LogP contribution in [0.5, 0.6) is 0 Å². The monoisotopic (exact) mass is 338 g/mol. The zero-order chi connectivity index (χ0) is 14.2. The van der Waals surface area contributed by atoms with Crippen molar-refractivity contribution in [2.45, 2.75) is 19.6 Å². The lowest BCUT2D eigenvalue weighted by Gasteiger charge is -2.08. The van der Waals surface area contributed by atoms with E-state index in [0.717, 1.165) is 11.5 Å². The van der Waals surface area contributed by atoms with Gasteiger partial charge in [-0.25, -0.2) is 0 Å². The molecule has 0 heterocycles. The quantitative estimate of drug-likeness (QED) is 0.447. The standard InChI is InChI=1S/C16H18S4/c1-17-13-7-3-5-9-15(13)19-11-12-20-16-10-6-4-8-14(16)18-2/h3-10H,11-12H2,1-2H3. The van der Waals surface area contributed by atoms with Crippen molar-refractivity contribution in [1.82, 2.24) is 0 Å². The third kappa shape index (κ3) is 4.69. The minimum atomic E-state index is 1.14. The van der Waals surface area contributed by atoms with Crippen LogP contribution in [0.1, 0.15) is 0 Å². The number of hydrogen-bond donors (Lipinski definition) is 0. The molecule has 0 spiro atoms. The van der Waals surface area contributed by atoms with Gasteiger partial charge in [0.2, 0.25) is 0 Å². The van der Waals surface area contributed by atoms with E-state index in [-0.39, 0.29) is 0 Å². The molecule has 0 fully saturated rings. The highest BCUT2D eigenvalue weighted by Gasteiger charge is 2.03. The summed E-state index contributed by atoms with van der Waals surface area (Å²) in [5.74, 6) is 2.29. The minimum Gasteiger partial charge on any atom is -0.128 e. The van der Waals surface area contributed by atoms with Crippen LogP contribution >= 0.6 is 47.0 Å². The number of thioether (sulfide) groups is 4. The molecule has 0 atom stereocenters. The first-order chi connectivity index (χ1) is 9.85. The van der Waals surface area contributed by atoms with Crippen LogP contribution in [0.25, 0.3) is 0 Å². The Morgan fingerprint density at radius 2 is 0.950 bits per heavy atom. The van der Waals surface area contributed by atoms with Crippen LogP contribution in [0.2, 0.25) is 0 Å². The summed E-state index contributed by atoms with van der Waals surface area (Å²) in [4.78, 5) is 5.57. The fraction of sp³-hybridized carbons (Fsp3) is 0.250. The summed E-state index contributed by atoms with van der Waals surface area (Å²) < 4.78 is 0. The van der Waals surface area contributed by atoms with Crippen molar-refractivity contribution in [3.8, 4) is 0 Å². The van der Waals surface area contributed by atoms with Gasteiger partial charge < -0.3 is 0 Å². The van der Waals surface area contributed by atoms with Crippen LogP contribution in [-0.4, -0.2) is 24.0 Å². The van der Waals surface area contributed by atoms with Crippen LogP contribution in [-0.2, 0) is 0 Å². The Morgan fingerprint density at radius 3 is 1.30 bits per heavy atom. The molecule has 0 aliphatic rings. The van der Waals surface area contributed by atoms with E-state index in [2.05, 4.69) is 61.0 Å². The summed E-state index contributed by atoms with van der Waals surface area (Å²) in [7, 11) is 0. The molecule has 0 unspecified atom stereocenters. The average molecular weight is 339 g/mol. The third-order valence-electron chi connectivity index (χ3n) is 2.74. The van der Waals surface area contributed by atoms with E-state index in [1.165, 1.54) is 19.6 Å². The van der Waals surface area contributed by atoms with E-state index in [4.69, 9.17) is 0 Å². The summed E-state index contributed by atoms with van der Waals surface area (Å²) in [6.07, 6.45) is 4.28. The van der Waals surface area contributed by atoms with Crippen LogP contribution in [0.4, 0.5) is 0 Å². The van der Waals surface area contributed by atoms with Crippen molar-refractivity contribution in [3.05, 3.63) is 48.5 Å². The summed E-state index contributed by atoms with van der Waals surface area (Å²) in [6.45, 7) is 0. The van der Waals surface area contributed by atoms with E-state index < -0.39 is 0 Å². The maximum atomic E-state index is 2.22. The molecule has 4 heteroatoms. The molecule has 0 nitrogen and oxygen atoms in total. The molecule has 0 saturated heterocycles. The van der Waals surface area contributed by atoms with Gasteiger partial charge in [-0.1, -0.05) is 24.3 Å². The van der Waals surface area contributed by atoms with Gasteiger partial charge in [-0.2, -0.15) is 0 Å². The Balaban J connectivity index is 1.84. The molecule has 2 rings (SSSR count). The third-order valence-corrected chi connectivity index (χ3v) is 7.00. The fourth-order valence-electron chi connectivity index (χ4n) is 1.78. The summed E-state index contributed by atoms with van der Waals surface area (Å²) in [5, 5.41) is 0. The first kappa shape index (κ1) is 16.2. The van der Waals surface area contributed by atoms with E-state index in [0.29, 0.717) is 0 Å². The van der Waals surface area contributed by atoms with Gasteiger partial charge in [0.25, 0.3) is 0 Å². The van der Waals surface area contributed by atoms with Gasteiger partial charge in [-0.05, 0) is 36.8 Å². The molecule has 0 aliphatic heterocycles. The van der Waals surface area contributed by atoms with Crippen LogP contribution in [0.3, 0.4) is 0 Å². The molecule has 2 aromatic carbocycles. The molecule has 0 aliphatic carbocycles. The van der Waals surface area contributed by atoms with E-state index in [1.807, 2.05) is 47.0 Å². The lowest BCUT2D eigenvalue weighted by atomic mass is 10.4. The number of benzene rings is 2. The summed E-state index contributed by atoms with van der Waals surface area (Å²) in [6, 6.07) is 17.3. The summed E-state index contributed by atoms with van der Waals surface area (Å²) >= 11 is 7.56. The van der Waals surface area contributed by atoms with Gasteiger partial charge in [0.05, 0.1) is 0 Å². The molecule has 0 radical (unpaired) electrons. The second kappa shape index (κ2) is 8.98. The van der Waals surface area contributed by atoms with Gasteiger partial charge in [-0.3, -0.25) is 0 Å². The molecule has 20 heavy (non-hydrogen) atoms. The zero-order valence-corrected chi connectivity index (χ0v) is 14.9. The maximum absolute atomic E-state index is 2.22. The average Bonchev–Trinajstić information content (AvgIpc) is 2.52. The molecule has 0 aromatic heterocycles. The van der Waals surface area contributed by atoms with Crippen molar-refractivity contribution in [3.63, 3.8) is 0 Å². The molecular weight excluding hydrogens is 320 g/mol. The van der Waals surface area contributed by atoms with Gasteiger partial charge >= 0.3 is 0 Å². The highest BCUT2D eigenvalue weighted by Crippen LogP contribution is 2.32. The lowest BCUT2D eigenvalue weighted by molar-refractivity contribution is 1.24. The Bertz CT molecular complexity index is 490. The van der Waals surface area contributed by atoms with Crippen molar-refractivity contribution in [2.75, 3.05) is 24.0 Å². The van der Waals surface area contributed by atoms with Gasteiger partial charge in [0.15, 0.2) is 0 Å². The predicted octanol–water partition coefficient (Wildman–Crippen LogP) is 6.01. The molecule has 106 valence electrons. The Kier molecular flexibility index (Phi) is 7.28. The van der Waals surface area contributed by atoms with Crippen molar-refractivity contribution < 1.29 is 0 Å². The second-order valence-corrected chi connectivity index (χ2v) is 7.97. The topological polar surface area (TPSA) is 0 Å². The molecule has 2 aromatic rings. The van der Waals surface area contributed by atoms with E-state index in [9.17, 15) is 0 Å². The Hall–Kier alpha value is -0.160. The van der Waals surface area contributed by atoms with Crippen molar-refractivity contribution >= 4 is 47.0 Å². The molecule has 0 amide bonds. The van der Waals surface area contributed by atoms with Crippen LogP contribution in [0, 0.1) is 0 Å². The molecule has 0 saturated carbocycles. The van der Waals surface area contributed by atoms with Gasteiger partial charge in [0.1, 0.15) is 0 Å². The van der Waals surface area contributed by atoms with Crippen LogP contribution < -0.4 is 0 Å². The maximum Gasteiger partial charge on any atom is 0.0208 e. The minimum absolute atomic E-state index is 1.14. The predicted molar refractivity (Wildman–Crippen MR) is 97.9 cm³/mol. The highest BCUT2D eigenvalue weighted by molar-refractivity contribution is 8.04. The van der Waals surface area contributed by atoms with Gasteiger partial charge in [-0.15, -0.1) is 47.0 Å². The zero-order valence-electron chi connectivity index (χ0n) is 11.7. The Morgan fingerprint density at radius 1 is 0.600 bits per heavy atom. The number of hydrogen-bond acceptors (Lipinski definition) is 4. The Labute approximate surface area is 138 Å². The highest BCUT2D eigenvalue weighted by atomic mass is 32.2. The van der Waals surface area contributed by atoms with Crippen LogP contribution in [0.15, 0.2) is 68.1 Å².